The van der Waals surface area contributed by atoms with Crippen molar-refractivity contribution < 1.29 is 15.0 Å². The van der Waals surface area contributed by atoms with Gasteiger partial charge in [-0.3, -0.25) is 4.79 Å². The number of benzene rings is 1. The molecule has 0 spiro atoms. The number of carbonyl (C=O) groups excluding carboxylic acids is 1. The van der Waals surface area contributed by atoms with Gasteiger partial charge in [-0.1, -0.05) is 11.6 Å². The molecule has 0 radical (unpaired) electrons. The highest BCUT2D eigenvalue weighted by Crippen LogP contribution is 2.61. The van der Waals surface area contributed by atoms with Crippen LogP contribution in [0.4, 0.5) is 0 Å². The van der Waals surface area contributed by atoms with Crippen molar-refractivity contribution in [2.24, 2.45) is 23.2 Å². The van der Waals surface area contributed by atoms with Gasteiger partial charge in [-0.25, -0.2) is 0 Å². The Kier molecular flexibility index (Phi) is 6.19. The molecule has 0 heterocycles. The van der Waals surface area contributed by atoms with E-state index < -0.39 is 0 Å². The van der Waals surface area contributed by atoms with Crippen LogP contribution >= 0.6 is 58.9 Å². The summed E-state index contributed by atoms with van der Waals surface area (Å²) >= 11 is 15.4. The molecule has 8 heteroatoms. The Morgan fingerprint density at radius 1 is 1.04 bits per heavy atom. The fourth-order valence-corrected chi connectivity index (χ4v) is 5.75. The van der Waals surface area contributed by atoms with Gasteiger partial charge in [-0.15, -0.1) is 47.3 Å². The van der Waals surface area contributed by atoms with Crippen LogP contribution in [0.2, 0.25) is 5.02 Å². The second kappa shape index (κ2) is 7.73. The molecule has 5 rings (SSSR count). The standard InChI is InChI=1S/C17H19ClO3.BBr3/c18-13-4-12(19)5-14(20)15(13)16(21)17-6-9-1-10(7-17)3-11(2-9)8-17;2-1(3)4/h4-5,9-11,19-20H,1-3,6-8H2;. The number of hydrogen-bond donors (Lipinski definition) is 2. The summed E-state index contributed by atoms with van der Waals surface area (Å²) in [5.74, 6) is 1.68. The van der Waals surface area contributed by atoms with Gasteiger partial charge in [0, 0.05) is 11.5 Å². The topological polar surface area (TPSA) is 57.5 Å². The number of halogens is 4. The molecule has 0 atom stereocenters. The number of phenols is 2. The van der Waals surface area contributed by atoms with E-state index in [0.29, 0.717) is 17.8 Å². The van der Waals surface area contributed by atoms with Crippen LogP contribution < -0.4 is 0 Å². The lowest BCUT2D eigenvalue weighted by Gasteiger charge is -2.56. The lowest BCUT2D eigenvalue weighted by Crippen LogP contribution is -2.50. The maximum Gasteiger partial charge on any atom is 0.369 e. The van der Waals surface area contributed by atoms with Gasteiger partial charge in [0.2, 0.25) is 0 Å². The highest BCUT2D eigenvalue weighted by molar-refractivity contribution is 9.69. The summed E-state index contributed by atoms with van der Waals surface area (Å²) in [7, 11) is 0. The monoisotopic (exact) mass is 554 g/mol. The van der Waals surface area contributed by atoms with Crippen molar-refractivity contribution in [3.63, 3.8) is 0 Å². The number of hydrogen-bond acceptors (Lipinski definition) is 3. The number of ketones is 1. The van der Waals surface area contributed by atoms with Crippen LogP contribution in [0.5, 0.6) is 11.5 Å². The molecule has 1 aromatic rings. The molecule has 3 nitrogen and oxygen atoms in total. The predicted molar refractivity (Wildman–Crippen MR) is 112 cm³/mol. The van der Waals surface area contributed by atoms with Gasteiger partial charge < -0.3 is 10.2 Å². The number of aromatic hydroxyl groups is 2. The van der Waals surface area contributed by atoms with Crippen molar-refractivity contribution >= 4 is 67.8 Å². The van der Waals surface area contributed by atoms with Gasteiger partial charge in [0.1, 0.15) is 11.5 Å². The van der Waals surface area contributed by atoms with E-state index in [0.717, 1.165) is 19.3 Å². The first-order chi connectivity index (χ1) is 11.7. The Morgan fingerprint density at radius 3 is 1.88 bits per heavy atom. The highest BCUT2D eigenvalue weighted by Gasteiger charge is 2.55. The van der Waals surface area contributed by atoms with Crippen LogP contribution in [0.1, 0.15) is 48.9 Å². The zero-order chi connectivity index (χ0) is 18.4. The van der Waals surface area contributed by atoms with E-state index in [2.05, 4.69) is 47.3 Å². The van der Waals surface area contributed by atoms with E-state index in [9.17, 15) is 15.0 Å². The van der Waals surface area contributed by atoms with Gasteiger partial charge in [-0.05, 0) is 62.3 Å². The lowest BCUT2D eigenvalue weighted by molar-refractivity contribution is -0.0354. The Bertz CT molecular complexity index is 622. The summed E-state index contributed by atoms with van der Waals surface area (Å²) in [6.07, 6.45) is 6.61. The summed E-state index contributed by atoms with van der Waals surface area (Å²) in [5, 5.41) is 19.7. The van der Waals surface area contributed by atoms with Crippen LogP contribution in [-0.4, -0.2) is 19.2 Å². The molecule has 136 valence electrons. The van der Waals surface area contributed by atoms with E-state index in [-0.39, 0.29) is 36.5 Å². The molecule has 4 aliphatic carbocycles. The summed E-state index contributed by atoms with van der Waals surface area (Å²) in [4.78, 5) is 13.1. The molecule has 4 bridgehead atoms. The van der Waals surface area contributed by atoms with Gasteiger partial charge in [0.25, 0.3) is 0 Å². The van der Waals surface area contributed by atoms with E-state index in [4.69, 9.17) is 11.6 Å². The zero-order valence-electron chi connectivity index (χ0n) is 13.5. The van der Waals surface area contributed by atoms with Crippen molar-refractivity contribution in [3.8, 4) is 11.5 Å². The smallest absolute Gasteiger partial charge is 0.369 e. The van der Waals surface area contributed by atoms with E-state index in [1.165, 1.54) is 31.4 Å². The Labute approximate surface area is 177 Å². The highest BCUT2D eigenvalue weighted by atomic mass is 79.9. The molecule has 4 saturated carbocycles. The molecule has 1 aromatic carbocycles. The summed E-state index contributed by atoms with van der Waals surface area (Å²) in [5.41, 5.74) is -0.122. The number of phenolic OH excluding ortho intramolecular Hbond substituents is 2. The molecular formula is C17H19BBr3ClO3. The fraction of sp³-hybridized carbons (Fsp3) is 0.588. The first kappa shape index (κ1) is 20.0. The first-order valence-electron chi connectivity index (χ1n) is 8.38. The number of rotatable bonds is 2. The minimum Gasteiger partial charge on any atom is -0.508 e. The quantitative estimate of drug-likeness (QED) is 0.331. The predicted octanol–water partition coefficient (Wildman–Crippen LogP) is 6.31. The Hall–Kier alpha value is 0.285. The third-order valence-electron chi connectivity index (χ3n) is 5.80. The van der Waals surface area contributed by atoms with Gasteiger partial charge in [0.15, 0.2) is 5.78 Å². The molecular weight excluding hydrogens is 538 g/mol. The SMILES string of the molecule is BrB(Br)Br.O=C(c1c(O)cc(O)cc1Cl)C12CC3CC(CC(C3)C1)C2. The molecule has 0 saturated heterocycles. The Balaban J connectivity index is 0.000000415. The second-order valence-electron chi connectivity index (χ2n) is 7.60. The maximum atomic E-state index is 13.1. The molecule has 0 amide bonds. The van der Waals surface area contributed by atoms with Gasteiger partial charge >= 0.3 is 3.18 Å². The largest absolute Gasteiger partial charge is 0.508 e. The normalized spacial score (nSPS) is 32.1. The van der Waals surface area contributed by atoms with Crippen LogP contribution in [0.3, 0.4) is 0 Å². The summed E-state index contributed by atoms with van der Waals surface area (Å²) in [6, 6.07) is 2.55. The van der Waals surface area contributed by atoms with E-state index in [1.54, 1.807) is 0 Å². The minimum atomic E-state index is -0.327. The fourth-order valence-electron chi connectivity index (χ4n) is 5.46. The molecule has 25 heavy (non-hydrogen) atoms. The first-order valence-corrected chi connectivity index (χ1v) is 11.5. The van der Waals surface area contributed by atoms with Crippen molar-refractivity contribution in [2.45, 2.75) is 38.5 Å². The number of carbonyl (C=O) groups is 1. The maximum absolute atomic E-state index is 13.1. The lowest BCUT2D eigenvalue weighted by atomic mass is 9.48. The minimum absolute atomic E-state index is 0.0101. The van der Waals surface area contributed by atoms with Crippen molar-refractivity contribution in [1.82, 2.24) is 0 Å². The average molecular weight is 557 g/mol. The van der Waals surface area contributed by atoms with Gasteiger partial charge in [0.05, 0.1) is 10.6 Å². The van der Waals surface area contributed by atoms with Crippen molar-refractivity contribution in [2.75, 3.05) is 0 Å². The van der Waals surface area contributed by atoms with E-state index >= 15 is 0 Å². The van der Waals surface area contributed by atoms with Crippen LogP contribution in [0.25, 0.3) is 0 Å². The third kappa shape index (κ3) is 4.25. The summed E-state index contributed by atoms with van der Waals surface area (Å²) < 4.78 is 0.271. The third-order valence-corrected chi connectivity index (χ3v) is 6.10. The average Bonchev–Trinajstić information content (AvgIpc) is 2.43. The van der Waals surface area contributed by atoms with Crippen LogP contribution in [-0.2, 0) is 0 Å². The molecule has 0 aliphatic heterocycles. The Morgan fingerprint density at radius 2 is 1.48 bits per heavy atom. The van der Waals surface area contributed by atoms with E-state index in [1.807, 2.05) is 0 Å². The van der Waals surface area contributed by atoms with Crippen molar-refractivity contribution in [3.05, 3.63) is 22.7 Å². The van der Waals surface area contributed by atoms with Gasteiger partial charge in [-0.2, -0.15) is 0 Å². The van der Waals surface area contributed by atoms with Crippen molar-refractivity contribution in [1.29, 1.82) is 0 Å². The van der Waals surface area contributed by atoms with Crippen LogP contribution in [0, 0.1) is 23.2 Å². The number of Topliss-reactive ketones (excluding diaryl/α,β-unsaturated/α-hetero) is 1. The molecule has 0 unspecified atom stereocenters. The molecule has 2 N–H and O–H groups in total. The molecule has 0 aromatic heterocycles. The van der Waals surface area contributed by atoms with Crippen LogP contribution in [0.15, 0.2) is 12.1 Å². The molecule has 4 aliphatic rings. The summed E-state index contributed by atoms with van der Waals surface area (Å²) in [6.45, 7) is 0. The molecule has 4 fully saturated rings. The second-order valence-corrected chi connectivity index (χ2v) is 14.4. The zero-order valence-corrected chi connectivity index (χ0v) is 19.0.